The summed E-state index contributed by atoms with van der Waals surface area (Å²) in [5.41, 5.74) is 1.05. The van der Waals surface area contributed by atoms with Crippen LogP contribution >= 0.6 is 0 Å². The van der Waals surface area contributed by atoms with Crippen LogP contribution in [-0.4, -0.2) is 29.3 Å². The molecule has 1 fully saturated rings. The third-order valence-electron chi connectivity index (χ3n) is 7.88. The molecule has 0 radical (unpaired) electrons. The van der Waals surface area contributed by atoms with Crippen LogP contribution in [0.4, 0.5) is 0 Å². The zero-order valence-corrected chi connectivity index (χ0v) is 20.5. The molecule has 5 nitrogen and oxygen atoms in total. The monoisotopic (exact) mass is 441 g/mol. The molecule has 0 bridgehead atoms. The Morgan fingerprint density at radius 1 is 1.16 bits per heavy atom. The average Bonchev–Trinajstić information content (AvgIpc) is 2.95. The van der Waals surface area contributed by atoms with Gasteiger partial charge in [-0.1, -0.05) is 44.1 Å². The first-order valence-corrected chi connectivity index (χ1v) is 12.2. The van der Waals surface area contributed by atoms with Crippen molar-refractivity contribution in [3.8, 4) is 0 Å². The number of nitrogens with one attached hydrogen (secondary N) is 1. The molecule has 0 aromatic carbocycles. The molecule has 5 heteroatoms. The van der Waals surface area contributed by atoms with Gasteiger partial charge in [-0.25, -0.2) is 0 Å². The van der Waals surface area contributed by atoms with E-state index in [-0.39, 0.29) is 59.9 Å². The molecule has 1 N–H and O–H groups in total. The van der Waals surface area contributed by atoms with E-state index in [1.54, 1.807) is 0 Å². The molecule has 2 aliphatic carbocycles. The molecule has 1 aliphatic heterocycles. The number of ketones is 3. The van der Waals surface area contributed by atoms with Crippen LogP contribution in [-0.2, 0) is 19.2 Å². The van der Waals surface area contributed by atoms with Crippen LogP contribution in [0.2, 0.25) is 0 Å². The molecule has 176 valence electrons. The summed E-state index contributed by atoms with van der Waals surface area (Å²) >= 11 is 0. The second-order valence-electron chi connectivity index (χ2n) is 10.9. The smallest absolute Gasteiger partial charge is 0.235 e. The zero-order chi connectivity index (χ0) is 23.8. The van der Waals surface area contributed by atoms with Gasteiger partial charge in [0.2, 0.25) is 5.91 Å². The number of amides is 1. The van der Waals surface area contributed by atoms with E-state index in [0.29, 0.717) is 12.3 Å². The Morgan fingerprint density at radius 2 is 1.84 bits per heavy atom. The molecule has 32 heavy (non-hydrogen) atoms. The molecule has 0 aromatic heterocycles. The van der Waals surface area contributed by atoms with Crippen molar-refractivity contribution in [2.45, 2.75) is 86.1 Å². The predicted octanol–water partition coefficient (Wildman–Crippen LogP) is 4.60. The van der Waals surface area contributed by atoms with Crippen molar-refractivity contribution >= 4 is 23.3 Å². The highest BCUT2D eigenvalue weighted by atomic mass is 16.2. The van der Waals surface area contributed by atoms with Gasteiger partial charge in [0.15, 0.2) is 5.78 Å². The number of rotatable bonds is 4. The largest absolute Gasteiger partial charge is 0.352 e. The van der Waals surface area contributed by atoms with Gasteiger partial charge < -0.3 is 10.1 Å². The number of hydrogen-bond acceptors (Lipinski definition) is 4. The summed E-state index contributed by atoms with van der Waals surface area (Å²) in [6, 6.07) is -0.0971. The third kappa shape index (κ3) is 4.40. The molecule has 6 atom stereocenters. The Hall–Kier alpha value is -2.04. The van der Waals surface area contributed by atoms with Gasteiger partial charge >= 0.3 is 0 Å². The van der Waals surface area contributed by atoms with Gasteiger partial charge in [0.05, 0.1) is 0 Å². The van der Waals surface area contributed by atoms with Crippen LogP contribution in [0.3, 0.4) is 0 Å². The number of carbonyl (C=O) groups excluding carboxylic acids is 4. The second kappa shape index (κ2) is 9.44. The van der Waals surface area contributed by atoms with Crippen LogP contribution in [0.15, 0.2) is 23.3 Å². The first-order valence-electron chi connectivity index (χ1n) is 12.2. The summed E-state index contributed by atoms with van der Waals surface area (Å²) in [5, 5.41) is 3.21. The van der Waals surface area contributed by atoms with Gasteiger partial charge in [0.1, 0.15) is 17.0 Å². The normalized spacial score (nSPS) is 36.0. The van der Waals surface area contributed by atoms with Crippen molar-refractivity contribution in [3.63, 3.8) is 0 Å². The lowest BCUT2D eigenvalue weighted by Crippen LogP contribution is -2.54. The van der Waals surface area contributed by atoms with Gasteiger partial charge in [-0.2, -0.15) is 0 Å². The van der Waals surface area contributed by atoms with E-state index in [1.807, 2.05) is 6.92 Å². The van der Waals surface area contributed by atoms with Gasteiger partial charge in [-0.15, -0.1) is 0 Å². The molecule has 0 aromatic rings. The number of Topliss-reactive ketones (excluding diaryl/α,β-unsaturated/α-hetero) is 3. The van der Waals surface area contributed by atoms with Gasteiger partial charge in [0, 0.05) is 43.1 Å². The number of hydrogen-bond donors (Lipinski definition) is 1. The van der Waals surface area contributed by atoms with E-state index >= 15 is 0 Å². The number of allylic oxidation sites excluding steroid dienone is 4. The van der Waals surface area contributed by atoms with Crippen LogP contribution in [0, 0.1) is 35.0 Å². The Morgan fingerprint density at radius 3 is 2.47 bits per heavy atom. The fraction of sp³-hybridized carbons (Fsp3) is 0.704. The topological polar surface area (TPSA) is 80.3 Å². The highest BCUT2D eigenvalue weighted by molar-refractivity contribution is 6.11. The van der Waals surface area contributed by atoms with Gasteiger partial charge in [-0.3, -0.25) is 14.4 Å². The fourth-order valence-electron chi connectivity index (χ4n) is 6.42. The van der Waals surface area contributed by atoms with E-state index in [4.69, 9.17) is 0 Å². The lowest BCUT2D eigenvalue weighted by molar-refractivity contribution is -0.150. The summed E-state index contributed by atoms with van der Waals surface area (Å²) in [7, 11) is 0. The minimum absolute atomic E-state index is 0.0107. The predicted molar refractivity (Wildman–Crippen MR) is 125 cm³/mol. The zero-order valence-electron chi connectivity index (χ0n) is 20.5. The maximum atomic E-state index is 14.4. The molecule has 1 amide bonds. The fourth-order valence-corrected chi connectivity index (χ4v) is 6.42. The molecular weight excluding hydrogens is 402 g/mol. The van der Waals surface area contributed by atoms with E-state index < -0.39 is 11.3 Å². The summed E-state index contributed by atoms with van der Waals surface area (Å²) in [6.45, 7) is 12.0. The first kappa shape index (κ1) is 24.6. The molecule has 1 saturated heterocycles. The maximum Gasteiger partial charge on any atom is 0.235 e. The summed E-state index contributed by atoms with van der Waals surface area (Å²) in [6.07, 6.45) is 6.98. The molecule has 6 unspecified atom stereocenters. The lowest BCUT2D eigenvalue weighted by Gasteiger charge is -2.46. The lowest BCUT2D eigenvalue weighted by atomic mass is 9.53. The minimum Gasteiger partial charge on any atom is -0.352 e. The molecule has 0 saturated carbocycles. The van der Waals surface area contributed by atoms with E-state index in [1.165, 1.54) is 12.5 Å². The Labute approximate surface area is 192 Å². The number of carbonyl (C=O) groups is 4. The molecular formula is C27H39NO4. The van der Waals surface area contributed by atoms with Crippen molar-refractivity contribution in [3.05, 3.63) is 23.3 Å². The minimum atomic E-state index is -1.26. The van der Waals surface area contributed by atoms with E-state index in [0.717, 1.165) is 24.8 Å². The van der Waals surface area contributed by atoms with Crippen LogP contribution in [0.1, 0.15) is 80.1 Å². The molecule has 3 rings (SSSR count). The SMILES string of the molecule is CC(=O)CC1CC(=O)CCCC(C)=CC2C=C(C)C(C)C3C(CC(C)C)NC(=O)C23C1=O. The van der Waals surface area contributed by atoms with Crippen molar-refractivity contribution in [2.75, 3.05) is 0 Å². The Kier molecular flexibility index (Phi) is 7.26. The Balaban J connectivity index is 2.24. The quantitative estimate of drug-likeness (QED) is 0.511. The van der Waals surface area contributed by atoms with Crippen molar-refractivity contribution < 1.29 is 19.2 Å². The maximum absolute atomic E-state index is 14.4. The van der Waals surface area contributed by atoms with Crippen molar-refractivity contribution in [1.82, 2.24) is 5.32 Å². The van der Waals surface area contributed by atoms with Crippen LogP contribution in [0.25, 0.3) is 0 Å². The first-order chi connectivity index (χ1) is 15.0. The average molecular weight is 442 g/mol. The second-order valence-corrected chi connectivity index (χ2v) is 10.9. The molecule has 1 spiro atoms. The summed E-state index contributed by atoms with van der Waals surface area (Å²) in [4.78, 5) is 53.0. The standard InChI is InChI=1S/C27H39NO4/c1-15(2)10-23-24-19(6)17(4)12-21-11-16(3)8-7-9-22(30)14-20(13-18(5)29)25(31)27(21,24)26(32)28-23/h11-12,15,19-21,23-24H,7-10,13-14H2,1-6H3,(H,28,32). The van der Waals surface area contributed by atoms with E-state index in [2.05, 4.69) is 45.2 Å². The van der Waals surface area contributed by atoms with Crippen LogP contribution < -0.4 is 5.32 Å². The van der Waals surface area contributed by atoms with E-state index in [9.17, 15) is 19.2 Å². The van der Waals surface area contributed by atoms with Gasteiger partial charge in [-0.05, 0) is 51.9 Å². The van der Waals surface area contributed by atoms with Crippen LogP contribution in [0.5, 0.6) is 0 Å². The molecule has 1 heterocycles. The summed E-state index contributed by atoms with van der Waals surface area (Å²) in [5.74, 6) is -1.37. The highest BCUT2D eigenvalue weighted by Gasteiger charge is 2.66. The highest BCUT2D eigenvalue weighted by Crippen LogP contribution is 2.56. The third-order valence-corrected chi connectivity index (χ3v) is 7.88. The molecule has 3 aliphatic rings. The Bertz CT molecular complexity index is 867. The van der Waals surface area contributed by atoms with Crippen molar-refractivity contribution in [1.29, 1.82) is 0 Å². The van der Waals surface area contributed by atoms with Gasteiger partial charge in [0.25, 0.3) is 0 Å². The van der Waals surface area contributed by atoms with Crippen molar-refractivity contribution in [2.24, 2.45) is 35.0 Å². The summed E-state index contributed by atoms with van der Waals surface area (Å²) < 4.78 is 0.